The Bertz CT molecular complexity index is 500. The van der Waals surface area contributed by atoms with Gasteiger partial charge in [-0.1, -0.05) is 29.8 Å². The first-order valence-electron chi connectivity index (χ1n) is 6.82. The van der Waals surface area contributed by atoms with E-state index in [2.05, 4.69) is 35.0 Å². The van der Waals surface area contributed by atoms with Crippen LogP contribution in [-0.4, -0.2) is 12.6 Å². The molecule has 19 heavy (non-hydrogen) atoms. The maximum atomic E-state index is 5.91. The van der Waals surface area contributed by atoms with Crippen molar-refractivity contribution >= 4 is 22.9 Å². The van der Waals surface area contributed by atoms with Crippen molar-refractivity contribution in [3.05, 3.63) is 57.2 Å². The lowest BCUT2D eigenvalue weighted by Crippen LogP contribution is -2.40. The zero-order valence-electron chi connectivity index (χ0n) is 10.8. The van der Waals surface area contributed by atoms with Crippen molar-refractivity contribution in [1.29, 1.82) is 0 Å². The molecule has 1 aromatic carbocycles. The number of hydrogen-bond acceptors (Lipinski definition) is 2. The fraction of sp³-hybridized carbons (Fsp3) is 0.375. The topological polar surface area (TPSA) is 12.0 Å². The SMILES string of the molecule is Clc1ccc(C2CC(NCCc3cccs3)C2)cc1. The molecule has 1 fully saturated rings. The smallest absolute Gasteiger partial charge is 0.0406 e. The Labute approximate surface area is 123 Å². The Morgan fingerprint density at radius 2 is 1.95 bits per heavy atom. The quantitative estimate of drug-likeness (QED) is 0.856. The van der Waals surface area contributed by atoms with Gasteiger partial charge in [0, 0.05) is 22.5 Å². The summed E-state index contributed by atoms with van der Waals surface area (Å²) in [6.45, 7) is 1.10. The van der Waals surface area contributed by atoms with Gasteiger partial charge in [-0.05, 0) is 54.3 Å². The van der Waals surface area contributed by atoms with Crippen LogP contribution < -0.4 is 5.32 Å². The third-order valence-corrected chi connectivity index (χ3v) is 5.05. The van der Waals surface area contributed by atoms with Gasteiger partial charge in [-0.15, -0.1) is 11.3 Å². The number of rotatable bonds is 5. The Balaban J connectivity index is 1.39. The van der Waals surface area contributed by atoms with Crippen molar-refractivity contribution in [1.82, 2.24) is 5.32 Å². The molecule has 0 aliphatic heterocycles. The van der Waals surface area contributed by atoms with E-state index in [-0.39, 0.29) is 0 Å². The lowest BCUT2D eigenvalue weighted by Gasteiger charge is -2.36. The van der Waals surface area contributed by atoms with Gasteiger partial charge in [0.05, 0.1) is 0 Å². The van der Waals surface area contributed by atoms with E-state index in [0.29, 0.717) is 6.04 Å². The van der Waals surface area contributed by atoms with Gasteiger partial charge in [0.2, 0.25) is 0 Å². The molecule has 0 radical (unpaired) electrons. The minimum Gasteiger partial charge on any atom is -0.314 e. The largest absolute Gasteiger partial charge is 0.314 e. The molecule has 0 spiro atoms. The van der Waals surface area contributed by atoms with Crippen molar-refractivity contribution in [2.45, 2.75) is 31.2 Å². The number of halogens is 1. The predicted molar refractivity (Wildman–Crippen MR) is 83.2 cm³/mol. The van der Waals surface area contributed by atoms with E-state index >= 15 is 0 Å². The Kier molecular flexibility index (Phi) is 4.21. The lowest BCUT2D eigenvalue weighted by molar-refractivity contribution is 0.293. The van der Waals surface area contributed by atoms with Crippen LogP contribution in [0.25, 0.3) is 0 Å². The predicted octanol–water partition coefficient (Wildman–Crippen LogP) is 4.48. The lowest BCUT2D eigenvalue weighted by atomic mass is 9.76. The summed E-state index contributed by atoms with van der Waals surface area (Å²) < 4.78 is 0. The van der Waals surface area contributed by atoms with Crippen LogP contribution in [0, 0.1) is 0 Å². The zero-order valence-corrected chi connectivity index (χ0v) is 12.4. The van der Waals surface area contributed by atoms with Crippen LogP contribution in [0.15, 0.2) is 41.8 Å². The second-order valence-corrected chi connectivity index (χ2v) is 6.67. The second kappa shape index (κ2) is 6.08. The number of hydrogen-bond donors (Lipinski definition) is 1. The van der Waals surface area contributed by atoms with E-state index in [1.165, 1.54) is 23.3 Å². The highest BCUT2D eigenvalue weighted by molar-refractivity contribution is 7.09. The molecule has 3 heteroatoms. The Morgan fingerprint density at radius 3 is 2.63 bits per heavy atom. The van der Waals surface area contributed by atoms with Gasteiger partial charge >= 0.3 is 0 Å². The summed E-state index contributed by atoms with van der Waals surface area (Å²) in [6, 6.07) is 13.3. The van der Waals surface area contributed by atoms with Gasteiger partial charge < -0.3 is 5.32 Å². The fourth-order valence-corrected chi connectivity index (χ4v) is 3.48. The maximum Gasteiger partial charge on any atom is 0.0406 e. The fourth-order valence-electron chi connectivity index (χ4n) is 2.65. The third kappa shape index (κ3) is 3.38. The molecular weight excluding hydrogens is 274 g/mol. The standard InChI is InChI=1S/C16H18ClNS/c17-14-5-3-12(4-6-14)13-10-15(11-13)18-8-7-16-2-1-9-19-16/h1-6,9,13,15,18H,7-8,10-11H2. The van der Waals surface area contributed by atoms with Crippen LogP contribution in [0.3, 0.4) is 0 Å². The van der Waals surface area contributed by atoms with Gasteiger partial charge in [-0.25, -0.2) is 0 Å². The van der Waals surface area contributed by atoms with E-state index in [4.69, 9.17) is 11.6 Å². The summed E-state index contributed by atoms with van der Waals surface area (Å²) in [7, 11) is 0. The number of nitrogens with one attached hydrogen (secondary N) is 1. The summed E-state index contributed by atoms with van der Waals surface area (Å²) in [5, 5.41) is 6.62. The monoisotopic (exact) mass is 291 g/mol. The molecule has 1 nitrogen and oxygen atoms in total. The molecule has 0 saturated heterocycles. The number of thiophene rings is 1. The normalized spacial score (nSPS) is 22.2. The maximum absolute atomic E-state index is 5.91. The summed E-state index contributed by atoms with van der Waals surface area (Å²) in [4.78, 5) is 1.47. The van der Waals surface area contributed by atoms with Crippen molar-refractivity contribution in [2.75, 3.05) is 6.54 Å². The molecule has 0 atom stereocenters. The van der Waals surface area contributed by atoms with Gasteiger partial charge in [0.15, 0.2) is 0 Å². The summed E-state index contributed by atoms with van der Waals surface area (Å²) in [6.07, 6.45) is 3.66. The minimum absolute atomic E-state index is 0.695. The van der Waals surface area contributed by atoms with Crippen LogP contribution >= 0.6 is 22.9 Å². The zero-order chi connectivity index (χ0) is 13.1. The van der Waals surface area contributed by atoms with Crippen LogP contribution in [0.2, 0.25) is 5.02 Å². The minimum atomic E-state index is 0.695. The average molecular weight is 292 g/mol. The molecule has 100 valence electrons. The van der Waals surface area contributed by atoms with Crippen LogP contribution in [0.1, 0.15) is 29.2 Å². The van der Waals surface area contributed by atoms with Crippen molar-refractivity contribution in [3.63, 3.8) is 0 Å². The van der Waals surface area contributed by atoms with E-state index in [1.807, 2.05) is 23.5 Å². The highest BCUT2D eigenvalue weighted by Crippen LogP contribution is 2.37. The van der Waals surface area contributed by atoms with E-state index in [0.717, 1.165) is 23.9 Å². The molecule has 1 aliphatic rings. The molecule has 1 N–H and O–H groups in total. The van der Waals surface area contributed by atoms with Gasteiger partial charge in [-0.3, -0.25) is 0 Å². The number of benzene rings is 1. The van der Waals surface area contributed by atoms with Crippen molar-refractivity contribution in [3.8, 4) is 0 Å². The Hall–Kier alpha value is -0.830. The molecule has 0 bridgehead atoms. The van der Waals surface area contributed by atoms with Crippen LogP contribution in [0.4, 0.5) is 0 Å². The molecule has 1 saturated carbocycles. The summed E-state index contributed by atoms with van der Waals surface area (Å²) in [5.74, 6) is 0.719. The van der Waals surface area contributed by atoms with Gasteiger partial charge in [0.1, 0.15) is 0 Å². The van der Waals surface area contributed by atoms with Gasteiger partial charge in [0.25, 0.3) is 0 Å². The first-order valence-corrected chi connectivity index (χ1v) is 8.08. The summed E-state index contributed by atoms with van der Waals surface area (Å²) >= 11 is 7.76. The average Bonchev–Trinajstić information content (AvgIpc) is 2.87. The van der Waals surface area contributed by atoms with Crippen LogP contribution in [0.5, 0.6) is 0 Å². The van der Waals surface area contributed by atoms with Crippen molar-refractivity contribution < 1.29 is 0 Å². The second-order valence-electron chi connectivity index (χ2n) is 5.20. The highest BCUT2D eigenvalue weighted by Gasteiger charge is 2.29. The highest BCUT2D eigenvalue weighted by atomic mass is 35.5. The third-order valence-electron chi connectivity index (χ3n) is 3.86. The van der Waals surface area contributed by atoms with Gasteiger partial charge in [-0.2, -0.15) is 0 Å². The molecule has 1 aromatic heterocycles. The molecule has 1 aliphatic carbocycles. The van der Waals surface area contributed by atoms with Crippen molar-refractivity contribution in [2.24, 2.45) is 0 Å². The van der Waals surface area contributed by atoms with E-state index < -0.39 is 0 Å². The Morgan fingerprint density at radius 1 is 1.16 bits per heavy atom. The van der Waals surface area contributed by atoms with E-state index in [1.54, 1.807) is 0 Å². The molecule has 0 unspecified atom stereocenters. The first kappa shape index (κ1) is 13.2. The molecule has 3 rings (SSSR count). The molecule has 2 aromatic rings. The first-order chi connectivity index (χ1) is 9.31. The summed E-state index contributed by atoms with van der Waals surface area (Å²) in [5.41, 5.74) is 1.43. The molecular formula is C16H18ClNS. The molecule has 0 amide bonds. The molecule has 1 heterocycles. The van der Waals surface area contributed by atoms with E-state index in [9.17, 15) is 0 Å². The van der Waals surface area contributed by atoms with Crippen LogP contribution in [-0.2, 0) is 6.42 Å².